The van der Waals surface area contributed by atoms with Crippen LogP contribution in [-0.4, -0.2) is 19.7 Å². The van der Waals surface area contributed by atoms with Crippen LogP contribution in [0, 0.1) is 0 Å². The Morgan fingerprint density at radius 2 is 2.14 bits per heavy atom. The van der Waals surface area contributed by atoms with E-state index < -0.39 is 0 Å². The molecule has 3 aromatic heterocycles. The quantitative estimate of drug-likeness (QED) is 0.305. The maximum atomic E-state index is 13.2. The van der Waals surface area contributed by atoms with Crippen LogP contribution in [0.4, 0.5) is 0 Å². The zero-order chi connectivity index (χ0) is 20.4. The van der Waals surface area contributed by atoms with Gasteiger partial charge in [-0.25, -0.2) is 4.98 Å². The lowest BCUT2D eigenvalue weighted by molar-refractivity contribution is 0.374. The molecule has 7 nitrogen and oxygen atoms in total. The van der Waals surface area contributed by atoms with Crippen molar-refractivity contribution in [1.82, 2.24) is 19.7 Å². The molecule has 0 fully saturated rings. The fourth-order valence-corrected chi connectivity index (χ4v) is 4.03. The van der Waals surface area contributed by atoms with Gasteiger partial charge in [0, 0.05) is 11.4 Å². The van der Waals surface area contributed by atoms with Gasteiger partial charge in [-0.15, -0.1) is 0 Å². The van der Waals surface area contributed by atoms with E-state index >= 15 is 0 Å². The molecule has 0 radical (unpaired) electrons. The highest BCUT2D eigenvalue weighted by atomic mass is 35.5. The molecule has 0 amide bonds. The summed E-state index contributed by atoms with van der Waals surface area (Å²) in [7, 11) is 0. The van der Waals surface area contributed by atoms with Crippen molar-refractivity contribution < 1.29 is 8.94 Å². The van der Waals surface area contributed by atoms with Crippen LogP contribution in [0.2, 0.25) is 5.02 Å². The number of nitrogens with zero attached hydrogens (tertiary/aromatic N) is 4. The molecule has 0 saturated heterocycles. The number of benzene rings is 1. The smallest absolute Gasteiger partial charge is 0.262 e. The largest absolute Gasteiger partial charge is 0.467 e. The highest BCUT2D eigenvalue weighted by Gasteiger charge is 2.20. The summed E-state index contributed by atoms with van der Waals surface area (Å²) in [5.41, 5.74) is 0.389. The van der Waals surface area contributed by atoms with Gasteiger partial charge < -0.3 is 8.94 Å². The lowest BCUT2D eigenvalue weighted by Gasteiger charge is -2.14. The van der Waals surface area contributed by atoms with Crippen LogP contribution in [0.15, 0.2) is 55.5 Å². The summed E-state index contributed by atoms with van der Waals surface area (Å²) < 4.78 is 12.4. The van der Waals surface area contributed by atoms with Crippen molar-refractivity contribution in [2.45, 2.75) is 43.6 Å². The molecule has 0 aliphatic carbocycles. The molecule has 0 spiro atoms. The van der Waals surface area contributed by atoms with Gasteiger partial charge in [0.2, 0.25) is 5.89 Å². The van der Waals surface area contributed by atoms with Gasteiger partial charge in [0.25, 0.3) is 5.56 Å². The first-order valence-corrected chi connectivity index (χ1v) is 10.5. The Hall–Kier alpha value is -2.58. The summed E-state index contributed by atoms with van der Waals surface area (Å²) >= 11 is 7.49. The van der Waals surface area contributed by atoms with E-state index in [9.17, 15) is 4.79 Å². The fraction of sp³-hybridized carbons (Fsp3) is 0.300. The van der Waals surface area contributed by atoms with Crippen LogP contribution >= 0.6 is 23.4 Å². The first-order valence-electron chi connectivity index (χ1n) is 9.26. The summed E-state index contributed by atoms with van der Waals surface area (Å²) in [6.07, 6.45) is 3.28. The van der Waals surface area contributed by atoms with Crippen LogP contribution in [0.25, 0.3) is 10.9 Å². The molecule has 3 heterocycles. The lowest BCUT2D eigenvalue weighted by Crippen LogP contribution is -2.24. The number of hydrogen-bond donors (Lipinski definition) is 0. The van der Waals surface area contributed by atoms with Crippen molar-refractivity contribution in [3.63, 3.8) is 0 Å². The predicted octanol–water partition coefficient (Wildman–Crippen LogP) is 4.88. The van der Waals surface area contributed by atoms with Gasteiger partial charge in [0.1, 0.15) is 5.76 Å². The SMILES string of the molecule is CCCc1noc([C@@H](C)Sc2nc3cc(Cl)ccc3c(=O)n2Cc2ccco2)n1. The van der Waals surface area contributed by atoms with Crippen molar-refractivity contribution in [2.75, 3.05) is 0 Å². The minimum absolute atomic E-state index is 0.157. The van der Waals surface area contributed by atoms with Crippen LogP contribution < -0.4 is 5.56 Å². The zero-order valence-corrected chi connectivity index (χ0v) is 17.5. The Kier molecular flexibility index (Phi) is 5.73. The summed E-state index contributed by atoms with van der Waals surface area (Å²) in [5.74, 6) is 1.85. The molecule has 9 heteroatoms. The molecule has 0 N–H and O–H groups in total. The first-order chi connectivity index (χ1) is 14.0. The van der Waals surface area contributed by atoms with Crippen LogP contribution in [0.5, 0.6) is 0 Å². The van der Waals surface area contributed by atoms with E-state index in [2.05, 4.69) is 17.1 Å². The van der Waals surface area contributed by atoms with Gasteiger partial charge in [-0.2, -0.15) is 4.98 Å². The number of fused-ring (bicyclic) bond motifs is 1. The second kappa shape index (κ2) is 8.42. The van der Waals surface area contributed by atoms with Gasteiger partial charge in [-0.3, -0.25) is 9.36 Å². The van der Waals surface area contributed by atoms with Gasteiger partial charge in [0.05, 0.1) is 29.0 Å². The lowest BCUT2D eigenvalue weighted by atomic mass is 10.2. The van der Waals surface area contributed by atoms with Crippen molar-refractivity contribution >= 4 is 34.3 Å². The topological polar surface area (TPSA) is 87.0 Å². The molecule has 0 saturated carbocycles. The van der Waals surface area contributed by atoms with Crippen molar-refractivity contribution in [2.24, 2.45) is 0 Å². The molecular formula is C20H19ClN4O3S. The van der Waals surface area contributed by atoms with Crippen molar-refractivity contribution in [1.29, 1.82) is 0 Å². The Labute approximate surface area is 176 Å². The Morgan fingerprint density at radius 1 is 1.28 bits per heavy atom. The minimum atomic E-state index is -0.181. The van der Waals surface area contributed by atoms with Crippen molar-refractivity contribution in [3.8, 4) is 0 Å². The highest BCUT2D eigenvalue weighted by Crippen LogP contribution is 2.33. The van der Waals surface area contributed by atoms with Crippen molar-refractivity contribution in [3.05, 3.63) is 69.4 Å². The summed E-state index contributed by atoms with van der Waals surface area (Å²) in [5, 5.41) is 5.39. The van der Waals surface area contributed by atoms with Gasteiger partial charge in [-0.05, 0) is 43.7 Å². The third kappa shape index (κ3) is 4.23. The number of rotatable bonds is 7. The van der Waals surface area contributed by atoms with Crippen LogP contribution in [0.1, 0.15) is 43.0 Å². The number of aryl methyl sites for hydroxylation is 1. The molecular weight excluding hydrogens is 412 g/mol. The van der Waals surface area contributed by atoms with Gasteiger partial charge in [0.15, 0.2) is 11.0 Å². The fourth-order valence-electron chi connectivity index (χ4n) is 2.93. The maximum Gasteiger partial charge on any atom is 0.262 e. The number of hydrogen-bond acceptors (Lipinski definition) is 7. The molecule has 1 atom stereocenters. The Bertz CT molecular complexity index is 1190. The summed E-state index contributed by atoms with van der Waals surface area (Å²) in [4.78, 5) is 22.3. The summed E-state index contributed by atoms with van der Waals surface area (Å²) in [6.45, 7) is 4.28. The molecule has 4 rings (SSSR count). The maximum absolute atomic E-state index is 13.2. The van der Waals surface area contributed by atoms with E-state index in [1.165, 1.54) is 11.8 Å². The van der Waals surface area contributed by atoms with E-state index in [-0.39, 0.29) is 17.4 Å². The van der Waals surface area contributed by atoms with Crippen LogP contribution in [0.3, 0.4) is 0 Å². The molecule has 0 unspecified atom stereocenters. The third-order valence-corrected chi connectivity index (χ3v) is 5.68. The third-order valence-electron chi connectivity index (χ3n) is 4.36. The first kappa shape index (κ1) is 19.7. The number of halogens is 1. The molecule has 29 heavy (non-hydrogen) atoms. The number of furan rings is 1. The van der Waals surface area contributed by atoms with E-state index in [1.807, 2.05) is 13.0 Å². The van der Waals surface area contributed by atoms with Crippen LogP contribution in [-0.2, 0) is 13.0 Å². The Morgan fingerprint density at radius 3 is 2.90 bits per heavy atom. The molecule has 0 aliphatic heterocycles. The normalized spacial score (nSPS) is 12.5. The predicted molar refractivity (Wildman–Crippen MR) is 111 cm³/mol. The highest BCUT2D eigenvalue weighted by molar-refractivity contribution is 7.99. The minimum Gasteiger partial charge on any atom is -0.467 e. The number of aromatic nitrogens is 4. The monoisotopic (exact) mass is 430 g/mol. The van der Waals surface area contributed by atoms with E-state index in [4.69, 9.17) is 25.5 Å². The summed E-state index contributed by atoms with van der Waals surface area (Å²) in [6, 6.07) is 8.69. The molecule has 0 bridgehead atoms. The molecule has 0 aliphatic rings. The average molecular weight is 431 g/mol. The average Bonchev–Trinajstić information content (AvgIpc) is 3.37. The van der Waals surface area contributed by atoms with E-state index in [1.54, 1.807) is 35.1 Å². The zero-order valence-electron chi connectivity index (χ0n) is 16.0. The second-order valence-electron chi connectivity index (χ2n) is 6.59. The van der Waals surface area contributed by atoms with E-state index in [0.29, 0.717) is 38.6 Å². The number of thioether (sulfide) groups is 1. The molecule has 150 valence electrons. The van der Waals surface area contributed by atoms with Gasteiger partial charge >= 0.3 is 0 Å². The second-order valence-corrected chi connectivity index (χ2v) is 8.33. The standard InChI is InChI=1S/C20H19ClN4O3S/c1-3-5-17-23-18(28-24-17)12(2)29-20-22-16-10-13(21)7-8-15(16)19(26)25(20)11-14-6-4-9-27-14/h4,6-10,12H,3,5,11H2,1-2H3/t12-/m1/s1. The Balaban J connectivity index is 1.74. The molecule has 4 aromatic rings. The molecule has 1 aromatic carbocycles. The van der Waals surface area contributed by atoms with Gasteiger partial charge in [-0.1, -0.05) is 35.4 Å². The van der Waals surface area contributed by atoms with E-state index in [0.717, 1.165) is 12.8 Å².